The summed E-state index contributed by atoms with van der Waals surface area (Å²) in [7, 11) is 0. The molecule has 0 aliphatic carbocycles. The quantitative estimate of drug-likeness (QED) is 0.645. The van der Waals surface area contributed by atoms with E-state index in [2.05, 4.69) is 20.3 Å². The molecule has 3 rings (SSSR count). The van der Waals surface area contributed by atoms with Gasteiger partial charge in [-0.1, -0.05) is 0 Å². The van der Waals surface area contributed by atoms with Gasteiger partial charge in [0.05, 0.1) is 17.5 Å². The molecule has 0 aliphatic rings. The van der Waals surface area contributed by atoms with E-state index in [-0.39, 0.29) is 0 Å². The lowest BCUT2D eigenvalue weighted by atomic mass is 10.1. The largest absolute Gasteiger partial charge is 0.285 e. The highest BCUT2D eigenvalue weighted by Crippen LogP contribution is 2.25. The summed E-state index contributed by atoms with van der Waals surface area (Å²) in [5, 5.41) is 11.1. The zero-order valence-electron chi connectivity index (χ0n) is 8.18. The summed E-state index contributed by atoms with van der Waals surface area (Å²) in [5.74, 6) is 0. The average Bonchev–Trinajstić information content (AvgIpc) is 2.82. The Kier molecular flexibility index (Phi) is 1.58. The van der Waals surface area contributed by atoms with Gasteiger partial charge in [0.2, 0.25) is 0 Å². The normalized spacial score (nSPS) is 11.0. The first-order valence-corrected chi connectivity index (χ1v) is 4.65. The Hall–Kier alpha value is -2.17. The second-order valence-corrected chi connectivity index (χ2v) is 3.34. The SMILES string of the molecule is Cc1nn2cccnc2c1-c1cn[nH]c1. The number of fused-ring (bicyclic) bond motifs is 1. The molecule has 0 amide bonds. The van der Waals surface area contributed by atoms with Gasteiger partial charge in [-0.15, -0.1) is 0 Å². The van der Waals surface area contributed by atoms with Crippen molar-refractivity contribution in [1.29, 1.82) is 0 Å². The zero-order valence-corrected chi connectivity index (χ0v) is 8.18. The van der Waals surface area contributed by atoms with Crippen LogP contribution in [-0.4, -0.2) is 24.8 Å². The zero-order chi connectivity index (χ0) is 10.3. The number of aromatic amines is 1. The lowest BCUT2D eigenvalue weighted by molar-refractivity contribution is 0.917. The van der Waals surface area contributed by atoms with Crippen molar-refractivity contribution in [2.75, 3.05) is 0 Å². The molecule has 0 bridgehead atoms. The Morgan fingerprint density at radius 1 is 1.40 bits per heavy atom. The summed E-state index contributed by atoms with van der Waals surface area (Å²) < 4.78 is 1.78. The first kappa shape index (κ1) is 8.16. The molecule has 3 heterocycles. The number of nitrogens with zero attached hydrogens (tertiary/aromatic N) is 4. The topological polar surface area (TPSA) is 58.9 Å². The third-order valence-corrected chi connectivity index (χ3v) is 2.36. The maximum Gasteiger partial charge on any atom is 0.163 e. The van der Waals surface area contributed by atoms with Crippen LogP contribution in [0, 0.1) is 6.92 Å². The number of hydrogen-bond acceptors (Lipinski definition) is 3. The number of H-pyrrole nitrogens is 1. The molecule has 5 nitrogen and oxygen atoms in total. The monoisotopic (exact) mass is 199 g/mol. The predicted octanol–water partition coefficient (Wildman–Crippen LogP) is 1.43. The van der Waals surface area contributed by atoms with E-state index in [1.54, 1.807) is 16.9 Å². The van der Waals surface area contributed by atoms with Gasteiger partial charge in [-0.05, 0) is 13.0 Å². The summed E-state index contributed by atoms with van der Waals surface area (Å²) in [6.07, 6.45) is 7.27. The molecule has 3 aromatic heterocycles. The van der Waals surface area contributed by atoms with Crippen LogP contribution in [0.4, 0.5) is 0 Å². The third kappa shape index (κ3) is 1.13. The molecule has 0 radical (unpaired) electrons. The van der Waals surface area contributed by atoms with E-state index < -0.39 is 0 Å². The minimum Gasteiger partial charge on any atom is -0.285 e. The summed E-state index contributed by atoms with van der Waals surface area (Å²) in [5.41, 5.74) is 3.86. The molecule has 0 saturated carbocycles. The molecular formula is C10H9N5. The molecule has 0 aliphatic heterocycles. The molecule has 74 valence electrons. The van der Waals surface area contributed by atoms with Crippen molar-refractivity contribution in [3.05, 3.63) is 36.5 Å². The van der Waals surface area contributed by atoms with Crippen LogP contribution in [0.15, 0.2) is 30.9 Å². The minimum atomic E-state index is 0.858. The predicted molar refractivity (Wildman–Crippen MR) is 55.3 cm³/mol. The second-order valence-electron chi connectivity index (χ2n) is 3.34. The number of hydrogen-bond donors (Lipinski definition) is 1. The van der Waals surface area contributed by atoms with Gasteiger partial charge in [0.25, 0.3) is 0 Å². The molecule has 1 N–H and O–H groups in total. The van der Waals surface area contributed by atoms with Gasteiger partial charge in [-0.2, -0.15) is 10.2 Å². The number of aromatic nitrogens is 5. The van der Waals surface area contributed by atoms with Crippen molar-refractivity contribution in [2.24, 2.45) is 0 Å². The molecule has 0 unspecified atom stereocenters. The maximum absolute atomic E-state index is 4.38. The highest BCUT2D eigenvalue weighted by atomic mass is 15.2. The van der Waals surface area contributed by atoms with Crippen LogP contribution in [0.3, 0.4) is 0 Å². The summed E-state index contributed by atoms with van der Waals surface area (Å²) in [4.78, 5) is 4.32. The van der Waals surface area contributed by atoms with Crippen LogP contribution in [0.1, 0.15) is 5.69 Å². The first-order chi connectivity index (χ1) is 7.36. The Morgan fingerprint density at radius 3 is 3.13 bits per heavy atom. The van der Waals surface area contributed by atoms with Crippen molar-refractivity contribution in [1.82, 2.24) is 24.8 Å². The van der Waals surface area contributed by atoms with Gasteiger partial charge in [0.1, 0.15) is 0 Å². The van der Waals surface area contributed by atoms with E-state index in [4.69, 9.17) is 0 Å². The number of nitrogens with one attached hydrogen (secondary N) is 1. The fraction of sp³-hybridized carbons (Fsp3) is 0.100. The lowest BCUT2D eigenvalue weighted by Crippen LogP contribution is -1.87. The van der Waals surface area contributed by atoms with E-state index in [1.165, 1.54) is 0 Å². The van der Waals surface area contributed by atoms with Gasteiger partial charge in [-0.3, -0.25) is 5.10 Å². The van der Waals surface area contributed by atoms with Crippen LogP contribution in [0.25, 0.3) is 16.8 Å². The van der Waals surface area contributed by atoms with Crippen molar-refractivity contribution < 1.29 is 0 Å². The molecule has 5 heteroatoms. The van der Waals surface area contributed by atoms with Crippen LogP contribution in [-0.2, 0) is 0 Å². The summed E-state index contributed by atoms with van der Waals surface area (Å²) in [6, 6.07) is 1.86. The van der Waals surface area contributed by atoms with E-state index in [0.29, 0.717) is 0 Å². The van der Waals surface area contributed by atoms with Crippen molar-refractivity contribution in [3.63, 3.8) is 0 Å². The van der Waals surface area contributed by atoms with Crippen molar-refractivity contribution in [3.8, 4) is 11.1 Å². The van der Waals surface area contributed by atoms with Gasteiger partial charge in [-0.25, -0.2) is 9.50 Å². The molecule has 15 heavy (non-hydrogen) atoms. The van der Waals surface area contributed by atoms with Gasteiger partial charge in [0.15, 0.2) is 5.65 Å². The summed E-state index contributed by atoms with van der Waals surface area (Å²) in [6.45, 7) is 1.97. The van der Waals surface area contributed by atoms with E-state index in [1.807, 2.05) is 25.4 Å². The lowest BCUT2D eigenvalue weighted by Gasteiger charge is -1.93. The maximum atomic E-state index is 4.38. The Bertz CT molecular complexity index is 593. The van der Waals surface area contributed by atoms with E-state index >= 15 is 0 Å². The second kappa shape index (κ2) is 2.91. The molecular weight excluding hydrogens is 190 g/mol. The van der Waals surface area contributed by atoms with Gasteiger partial charge < -0.3 is 0 Å². The summed E-state index contributed by atoms with van der Waals surface area (Å²) >= 11 is 0. The van der Waals surface area contributed by atoms with E-state index in [0.717, 1.165) is 22.5 Å². The highest BCUT2D eigenvalue weighted by molar-refractivity contribution is 5.78. The van der Waals surface area contributed by atoms with Crippen LogP contribution >= 0.6 is 0 Å². The minimum absolute atomic E-state index is 0.858. The molecule has 3 aromatic rings. The molecule has 0 atom stereocenters. The number of rotatable bonds is 1. The van der Waals surface area contributed by atoms with Gasteiger partial charge >= 0.3 is 0 Å². The highest BCUT2D eigenvalue weighted by Gasteiger charge is 2.12. The Morgan fingerprint density at radius 2 is 2.33 bits per heavy atom. The molecule has 0 aromatic carbocycles. The van der Waals surface area contributed by atoms with E-state index in [9.17, 15) is 0 Å². The average molecular weight is 199 g/mol. The Balaban J connectivity index is 2.39. The van der Waals surface area contributed by atoms with Crippen molar-refractivity contribution in [2.45, 2.75) is 6.92 Å². The van der Waals surface area contributed by atoms with Crippen LogP contribution in [0.2, 0.25) is 0 Å². The Labute approximate surface area is 85.8 Å². The van der Waals surface area contributed by atoms with Gasteiger partial charge in [0, 0.05) is 24.2 Å². The fourth-order valence-corrected chi connectivity index (χ4v) is 1.72. The molecule has 0 spiro atoms. The standard InChI is InChI=1S/C10H9N5/c1-7-9(8-5-12-13-6-8)10-11-3-2-4-15(10)14-7/h2-6H,1H3,(H,12,13). The van der Waals surface area contributed by atoms with Crippen LogP contribution < -0.4 is 0 Å². The van der Waals surface area contributed by atoms with Crippen LogP contribution in [0.5, 0.6) is 0 Å². The fourth-order valence-electron chi connectivity index (χ4n) is 1.72. The third-order valence-electron chi connectivity index (χ3n) is 2.36. The smallest absolute Gasteiger partial charge is 0.163 e. The first-order valence-electron chi connectivity index (χ1n) is 4.65. The molecule has 0 saturated heterocycles. The molecule has 0 fully saturated rings. The number of aryl methyl sites for hydroxylation is 1. The van der Waals surface area contributed by atoms with Crippen molar-refractivity contribution >= 4 is 5.65 Å².